The van der Waals surface area contributed by atoms with E-state index in [2.05, 4.69) is 25.6 Å². The molecule has 2 saturated heterocycles. The molecule has 0 aromatic carbocycles. The largest absolute Gasteiger partial charge is 0.348 e. The lowest BCUT2D eigenvalue weighted by Gasteiger charge is -2.32. The van der Waals surface area contributed by atoms with Gasteiger partial charge in [0.15, 0.2) is 16.0 Å². The maximum absolute atomic E-state index is 2.55. The summed E-state index contributed by atoms with van der Waals surface area (Å²) < 4.78 is 0. The summed E-state index contributed by atoms with van der Waals surface area (Å²) in [7, 11) is 4.62. The summed E-state index contributed by atoms with van der Waals surface area (Å²) in [6, 6.07) is 0. The Hall–Kier alpha value is 0.0499. The third-order valence-electron chi connectivity index (χ3n) is 6.43. The molecule has 2 aliphatic heterocycles. The Kier molecular flexibility index (Phi) is 5.72. The van der Waals surface area contributed by atoms with E-state index >= 15 is 0 Å². The summed E-state index contributed by atoms with van der Waals surface area (Å²) in [6.07, 6.45) is 13.6. The minimum absolute atomic E-state index is 1.01. The molecular formula is C17H34B2N2. The molecule has 0 bridgehead atoms. The third kappa shape index (κ3) is 4.76. The number of hydrogen-bond donors (Lipinski definition) is 0. The Morgan fingerprint density at radius 1 is 0.667 bits per heavy atom. The Morgan fingerprint density at radius 3 is 1.57 bits per heavy atom. The highest BCUT2D eigenvalue weighted by molar-refractivity contribution is 6.04. The highest BCUT2D eigenvalue weighted by Crippen LogP contribution is 2.40. The van der Waals surface area contributed by atoms with Crippen LogP contribution in [0.1, 0.15) is 57.8 Å². The van der Waals surface area contributed by atoms with Crippen LogP contribution in [0.2, 0.25) is 0 Å². The molecule has 4 atom stereocenters. The quantitative estimate of drug-likeness (QED) is 0.727. The summed E-state index contributed by atoms with van der Waals surface area (Å²) in [4.78, 5) is 5.11. The zero-order valence-electron chi connectivity index (χ0n) is 14.4. The van der Waals surface area contributed by atoms with Crippen LogP contribution in [0.15, 0.2) is 0 Å². The van der Waals surface area contributed by atoms with E-state index in [9.17, 15) is 0 Å². The average molecular weight is 288 g/mol. The van der Waals surface area contributed by atoms with Crippen LogP contribution in [0.4, 0.5) is 0 Å². The van der Waals surface area contributed by atoms with Gasteiger partial charge in [-0.1, -0.05) is 12.8 Å². The molecule has 4 heteroatoms. The molecule has 2 nitrogen and oxygen atoms in total. The SMILES string of the molecule is BN1CCCC(CC2CCC(CC3CCCN(B)C3)C2)C1. The molecule has 0 aromatic heterocycles. The van der Waals surface area contributed by atoms with E-state index < -0.39 is 0 Å². The second-order valence-electron chi connectivity index (χ2n) is 8.56. The van der Waals surface area contributed by atoms with Crippen molar-refractivity contribution in [3.63, 3.8) is 0 Å². The van der Waals surface area contributed by atoms with Crippen molar-refractivity contribution in [1.82, 2.24) is 9.62 Å². The molecule has 4 unspecified atom stereocenters. The van der Waals surface area contributed by atoms with Crippen LogP contribution in [0, 0.1) is 23.7 Å². The molecule has 21 heavy (non-hydrogen) atoms. The maximum Gasteiger partial charge on any atom is 0.185 e. The smallest absolute Gasteiger partial charge is 0.185 e. The Morgan fingerprint density at radius 2 is 1.14 bits per heavy atom. The standard InChI is InChI=1S/C17H34B2N2/c18-20-7-1-3-16(12-20)10-14-5-6-15(9-14)11-17-4-2-8-21(19)13-17/h14-17H,1-13,18-19H2. The molecule has 0 spiro atoms. The van der Waals surface area contributed by atoms with Crippen LogP contribution >= 0.6 is 0 Å². The van der Waals surface area contributed by atoms with Crippen molar-refractivity contribution < 1.29 is 0 Å². The first-order valence-corrected chi connectivity index (χ1v) is 9.56. The second-order valence-corrected chi connectivity index (χ2v) is 8.56. The van der Waals surface area contributed by atoms with Gasteiger partial charge in [-0.25, -0.2) is 0 Å². The van der Waals surface area contributed by atoms with E-state index in [1.807, 2.05) is 0 Å². The van der Waals surface area contributed by atoms with Gasteiger partial charge in [-0.3, -0.25) is 0 Å². The van der Waals surface area contributed by atoms with E-state index in [0.717, 1.165) is 23.7 Å². The Bertz CT molecular complexity index is 296. The van der Waals surface area contributed by atoms with Crippen LogP contribution in [-0.2, 0) is 0 Å². The maximum atomic E-state index is 2.55. The van der Waals surface area contributed by atoms with Gasteiger partial charge in [-0.2, -0.15) is 0 Å². The van der Waals surface area contributed by atoms with Gasteiger partial charge in [0.05, 0.1) is 0 Å². The van der Waals surface area contributed by atoms with Gasteiger partial charge in [-0.15, -0.1) is 0 Å². The van der Waals surface area contributed by atoms with Gasteiger partial charge in [0, 0.05) is 0 Å². The minimum Gasteiger partial charge on any atom is -0.348 e. The average Bonchev–Trinajstić information content (AvgIpc) is 2.86. The summed E-state index contributed by atoms with van der Waals surface area (Å²) in [5.74, 6) is 4.14. The molecule has 118 valence electrons. The third-order valence-corrected chi connectivity index (χ3v) is 6.43. The highest BCUT2D eigenvalue weighted by Gasteiger charge is 2.30. The Labute approximate surface area is 133 Å². The summed E-state index contributed by atoms with van der Waals surface area (Å²) >= 11 is 0. The highest BCUT2D eigenvalue weighted by atomic mass is 15.0. The monoisotopic (exact) mass is 288 g/mol. The number of rotatable bonds is 4. The van der Waals surface area contributed by atoms with E-state index in [1.165, 1.54) is 77.5 Å². The van der Waals surface area contributed by atoms with Gasteiger partial charge in [-0.05, 0) is 94.8 Å². The lowest BCUT2D eigenvalue weighted by Crippen LogP contribution is -2.34. The zero-order valence-corrected chi connectivity index (χ0v) is 14.4. The lowest BCUT2D eigenvalue weighted by atomic mass is 9.84. The van der Waals surface area contributed by atoms with Crippen LogP contribution in [-0.4, -0.2) is 51.8 Å². The van der Waals surface area contributed by atoms with Crippen molar-refractivity contribution in [2.24, 2.45) is 23.7 Å². The summed E-state index contributed by atoms with van der Waals surface area (Å²) in [5.41, 5.74) is 0. The van der Waals surface area contributed by atoms with Crippen molar-refractivity contribution in [1.29, 1.82) is 0 Å². The predicted molar refractivity (Wildman–Crippen MR) is 95.7 cm³/mol. The molecule has 1 aliphatic carbocycles. The van der Waals surface area contributed by atoms with Crippen molar-refractivity contribution in [3.8, 4) is 0 Å². The molecule has 0 radical (unpaired) electrons. The van der Waals surface area contributed by atoms with Crippen LogP contribution in [0.25, 0.3) is 0 Å². The van der Waals surface area contributed by atoms with Gasteiger partial charge in [0.2, 0.25) is 0 Å². The fourth-order valence-corrected chi connectivity index (χ4v) is 5.48. The molecule has 0 N–H and O–H groups in total. The fourth-order valence-electron chi connectivity index (χ4n) is 5.48. The topological polar surface area (TPSA) is 6.48 Å². The van der Waals surface area contributed by atoms with Crippen LogP contribution in [0.5, 0.6) is 0 Å². The van der Waals surface area contributed by atoms with Gasteiger partial charge in [0.25, 0.3) is 0 Å². The number of piperidine rings is 2. The van der Waals surface area contributed by atoms with E-state index in [0.29, 0.717) is 0 Å². The Balaban J connectivity index is 1.38. The molecule has 2 heterocycles. The van der Waals surface area contributed by atoms with Crippen molar-refractivity contribution >= 4 is 16.0 Å². The van der Waals surface area contributed by atoms with E-state index in [-0.39, 0.29) is 0 Å². The normalized spacial score (nSPS) is 39.6. The molecule has 1 saturated carbocycles. The van der Waals surface area contributed by atoms with Crippen molar-refractivity contribution in [2.75, 3.05) is 26.2 Å². The van der Waals surface area contributed by atoms with Crippen LogP contribution in [0.3, 0.4) is 0 Å². The summed E-state index contributed by atoms with van der Waals surface area (Å²) in [6.45, 7) is 5.40. The van der Waals surface area contributed by atoms with Gasteiger partial charge in [0.1, 0.15) is 0 Å². The van der Waals surface area contributed by atoms with Crippen LogP contribution < -0.4 is 0 Å². The molecule has 3 aliphatic rings. The molecule has 0 amide bonds. The number of nitrogens with zero attached hydrogens (tertiary/aromatic N) is 2. The second kappa shape index (κ2) is 7.55. The molecule has 0 aromatic rings. The zero-order chi connectivity index (χ0) is 14.7. The van der Waals surface area contributed by atoms with Gasteiger partial charge < -0.3 is 9.62 Å². The lowest BCUT2D eigenvalue weighted by molar-refractivity contribution is 0.221. The summed E-state index contributed by atoms with van der Waals surface area (Å²) in [5, 5.41) is 0. The first kappa shape index (κ1) is 15.9. The molecule has 3 rings (SSSR count). The van der Waals surface area contributed by atoms with Crippen molar-refractivity contribution in [3.05, 3.63) is 0 Å². The number of hydrogen-bond acceptors (Lipinski definition) is 2. The van der Waals surface area contributed by atoms with E-state index in [4.69, 9.17) is 0 Å². The first-order chi connectivity index (χ1) is 10.2. The molecule has 3 fully saturated rings. The predicted octanol–water partition coefficient (Wildman–Crippen LogP) is 1.70. The van der Waals surface area contributed by atoms with Crippen molar-refractivity contribution in [2.45, 2.75) is 57.8 Å². The first-order valence-electron chi connectivity index (χ1n) is 9.56. The van der Waals surface area contributed by atoms with Gasteiger partial charge >= 0.3 is 0 Å². The molecular weight excluding hydrogens is 254 g/mol. The minimum atomic E-state index is 1.01. The fraction of sp³-hybridized carbons (Fsp3) is 1.00. The van der Waals surface area contributed by atoms with E-state index in [1.54, 1.807) is 6.42 Å².